The Balaban J connectivity index is 1.44. The van der Waals surface area contributed by atoms with Crippen LogP contribution in [0.15, 0.2) is 36.5 Å². The van der Waals surface area contributed by atoms with Gasteiger partial charge >= 0.3 is 0 Å². The second-order valence-electron chi connectivity index (χ2n) is 26.4. The molecule has 1 amide bonds. The molecule has 0 bridgehead atoms. The Morgan fingerprint density at radius 2 is 0.703 bits per heavy atom. The fourth-order valence-electron chi connectivity index (χ4n) is 12.5. The van der Waals surface area contributed by atoms with Gasteiger partial charge in [0.15, 0.2) is 18.9 Å². The first kappa shape index (κ1) is 83.2. The summed E-state index contributed by atoms with van der Waals surface area (Å²) in [6, 6.07) is -0.995. The molecule has 17 unspecified atom stereocenters. The molecule has 0 aliphatic carbocycles. The average Bonchev–Trinajstić information content (AvgIpc) is 0.884. The Bertz CT molecular complexity index is 1790. The summed E-state index contributed by atoms with van der Waals surface area (Å²) < 4.78 is 34.4. The van der Waals surface area contributed by atoms with Gasteiger partial charge in [-0.3, -0.25) is 4.79 Å². The Morgan fingerprint density at radius 3 is 1.10 bits per heavy atom. The van der Waals surface area contributed by atoms with Crippen LogP contribution in [0.3, 0.4) is 0 Å². The zero-order valence-corrected chi connectivity index (χ0v) is 56.6. The van der Waals surface area contributed by atoms with Crippen molar-refractivity contribution >= 4 is 5.91 Å². The van der Waals surface area contributed by atoms with E-state index < -0.39 is 124 Å². The molecule has 17 atom stereocenters. The van der Waals surface area contributed by atoms with E-state index in [1.165, 1.54) is 205 Å². The summed E-state index contributed by atoms with van der Waals surface area (Å²) in [5.74, 6) is -0.284. The second kappa shape index (κ2) is 54.1. The number of carbonyl (C=O) groups is 1. The molecule has 3 fully saturated rings. The third-order valence-corrected chi connectivity index (χ3v) is 18.4. The highest BCUT2D eigenvalue weighted by atomic mass is 16.8. The molecular formula is C72H133NO18. The molecule has 91 heavy (non-hydrogen) atoms. The first-order chi connectivity index (χ1) is 44.3. The molecule has 0 saturated carbocycles. The third kappa shape index (κ3) is 35.7. The number of amides is 1. The van der Waals surface area contributed by atoms with Gasteiger partial charge in [0.2, 0.25) is 5.91 Å². The van der Waals surface area contributed by atoms with Crippen LogP contribution < -0.4 is 5.32 Å². The zero-order valence-electron chi connectivity index (χ0n) is 56.6. The summed E-state index contributed by atoms with van der Waals surface area (Å²) in [5, 5.41) is 121. The van der Waals surface area contributed by atoms with Crippen LogP contribution in [-0.2, 0) is 33.2 Å². The Kier molecular flexibility index (Phi) is 49.5. The first-order valence-corrected chi connectivity index (χ1v) is 36.7. The molecular weight excluding hydrogens is 1170 g/mol. The second-order valence-corrected chi connectivity index (χ2v) is 26.4. The zero-order chi connectivity index (χ0) is 66.1. The number of carbonyl (C=O) groups excluding carboxylic acids is 1. The fourth-order valence-corrected chi connectivity index (χ4v) is 12.5. The van der Waals surface area contributed by atoms with Crippen LogP contribution in [0.1, 0.15) is 284 Å². The van der Waals surface area contributed by atoms with E-state index >= 15 is 0 Å². The Labute approximate surface area is 549 Å². The van der Waals surface area contributed by atoms with Crippen molar-refractivity contribution in [1.82, 2.24) is 5.32 Å². The van der Waals surface area contributed by atoms with Crippen molar-refractivity contribution in [1.29, 1.82) is 0 Å². The maximum Gasteiger partial charge on any atom is 0.220 e. The van der Waals surface area contributed by atoms with Gasteiger partial charge in [0.1, 0.15) is 73.2 Å². The molecule has 12 N–H and O–H groups in total. The van der Waals surface area contributed by atoms with E-state index in [-0.39, 0.29) is 18.9 Å². The minimum atomic E-state index is -1.98. The number of aliphatic hydroxyl groups excluding tert-OH is 11. The normalized spacial score (nSPS) is 28.0. The average molecular weight is 1300 g/mol. The van der Waals surface area contributed by atoms with Gasteiger partial charge in [-0.2, -0.15) is 0 Å². The molecule has 0 aromatic carbocycles. The summed E-state index contributed by atoms with van der Waals surface area (Å²) in [6.07, 6.45) is 37.0. The molecule has 0 aromatic heterocycles. The number of allylic oxidation sites excluding steroid dienone is 5. The number of rotatable bonds is 57. The predicted octanol–water partition coefficient (Wildman–Crippen LogP) is 10.4. The molecule has 3 aliphatic rings. The summed E-state index contributed by atoms with van der Waals surface area (Å²) in [6.45, 7) is 1.75. The number of aliphatic hydroxyl groups is 11. The van der Waals surface area contributed by atoms with Gasteiger partial charge in [0, 0.05) is 6.42 Å². The molecule has 19 heteroatoms. The van der Waals surface area contributed by atoms with E-state index in [4.69, 9.17) is 28.4 Å². The van der Waals surface area contributed by atoms with Crippen molar-refractivity contribution in [2.24, 2.45) is 0 Å². The van der Waals surface area contributed by atoms with E-state index in [9.17, 15) is 61.0 Å². The lowest BCUT2D eigenvalue weighted by Gasteiger charge is -2.48. The van der Waals surface area contributed by atoms with Crippen LogP contribution in [0, 0.1) is 0 Å². The van der Waals surface area contributed by atoms with E-state index in [1.54, 1.807) is 6.08 Å². The van der Waals surface area contributed by atoms with Gasteiger partial charge in [-0.1, -0.05) is 269 Å². The highest BCUT2D eigenvalue weighted by molar-refractivity contribution is 5.76. The molecule has 3 saturated heterocycles. The van der Waals surface area contributed by atoms with Crippen LogP contribution in [0.25, 0.3) is 0 Å². The summed E-state index contributed by atoms with van der Waals surface area (Å²) in [5.41, 5.74) is 0. The maximum absolute atomic E-state index is 13.4. The molecule has 0 aromatic rings. The van der Waals surface area contributed by atoms with E-state index in [1.807, 2.05) is 6.08 Å². The van der Waals surface area contributed by atoms with Crippen LogP contribution in [0.2, 0.25) is 0 Å². The van der Waals surface area contributed by atoms with Gasteiger partial charge in [-0.25, -0.2) is 0 Å². The summed E-state index contributed by atoms with van der Waals surface area (Å²) >= 11 is 0. The number of ether oxygens (including phenoxy) is 6. The van der Waals surface area contributed by atoms with Crippen molar-refractivity contribution in [2.45, 2.75) is 388 Å². The number of unbranched alkanes of at least 4 members (excludes halogenated alkanes) is 37. The molecule has 19 nitrogen and oxygen atoms in total. The van der Waals surface area contributed by atoms with Crippen LogP contribution in [-0.4, -0.2) is 193 Å². The maximum atomic E-state index is 13.4. The van der Waals surface area contributed by atoms with Crippen LogP contribution >= 0.6 is 0 Å². The fraction of sp³-hybridized carbons (Fsp3) is 0.903. The lowest BCUT2D eigenvalue weighted by atomic mass is 9.96. The summed E-state index contributed by atoms with van der Waals surface area (Å²) in [4.78, 5) is 13.4. The standard InChI is InChI=1S/C72H133NO18/c1-3-5-7-9-11-13-15-17-19-21-23-25-27-28-29-31-33-35-37-39-41-43-45-47-49-56(77)55(73-60(78)50-48-46-44-42-40-38-36-34-32-30-26-24-22-20-18-16-14-12-10-8-6-4-2)54-86-70-66(84)63(81)68(58(52-75)88-70)91-72-67(85)64(82)69(59(53-76)89-72)90-71-65(83)62(80)61(79)57(51-74)87-71/h31,33,39,41,47,49,55-59,61-72,74-77,79-85H,3-30,32,34-38,40,42-46,48,50-54H2,1-2H3,(H,73,78)/b33-31+,41-39+,49-47+. The Hall–Kier alpha value is -1.99. The van der Waals surface area contributed by atoms with E-state index in [2.05, 4.69) is 43.5 Å². The monoisotopic (exact) mass is 1300 g/mol. The summed E-state index contributed by atoms with van der Waals surface area (Å²) in [7, 11) is 0. The quantitative estimate of drug-likeness (QED) is 0.0199. The number of hydrogen-bond donors (Lipinski definition) is 12. The predicted molar refractivity (Wildman–Crippen MR) is 356 cm³/mol. The third-order valence-electron chi connectivity index (χ3n) is 18.4. The highest BCUT2D eigenvalue weighted by Gasteiger charge is 2.53. The van der Waals surface area contributed by atoms with Crippen LogP contribution in [0.4, 0.5) is 0 Å². The van der Waals surface area contributed by atoms with Gasteiger partial charge in [0.25, 0.3) is 0 Å². The van der Waals surface area contributed by atoms with Crippen molar-refractivity contribution in [3.8, 4) is 0 Å². The largest absolute Gasteiger partial charge is 0.394 e. The van der Waals surface area contributed by atoms with Gasteiger partial charge in [0.05, 0.1) is 38.6 Å². The number of hydrogen-bond acceptors (Lipinski definition) is 18. The molecule has 3 rings (SSSR count). The molecule has 0 spiro atoms. The van der Waals surface area contributed by atoms with E-state index in [0.717, 1.165) is 44.9 Å². The van der Waals surface area contributed by atoms with E-state index in [0.29, 0.717) is 12.8 Å². The van der Waals surface area contributed by atoms with Gasteiger partial charge in [-0.15, -0.1) is 0 Å². The number of nitrogens with one attached hydrogen (secondary N) is 1. The lowest BCUT2D eigenvalue weighted by Crippen LogP contribution is -2.66. The minimum absolute atomic E-state index is 0.236. The van der Waals surface area contributed by atoms with Gasteiger partial charge < -0.3 is 89.9 Å². The van der Waals surface area contributed by atoms with Crippen molar-refractivity contribution in [2.75, 3.05) is 26.4 Å². The lowest BCUT2D eigenvalue weighted by molar-refractivity contribution is -0.379. The minimum Gasteiger partial charge on any atom is -0.394 e. The first-order valence-electron chi connectivity index (χ1n) is 36.7. The molecule has 3 aliphatic heterocycles. The van der Waals surface area contributed by atoms with Gasteiger partial charge in [-0.05, 0) is 44.9 Å². The Morgan fingerprint density at radius 1 is 0.385 bits per heavy atom. The van der Waals surface area contributed by atoms with Crippen LogP contribution in [0.5, 0.6) is 0 Å². The molecule has 0 radical (unpaired) electrons. The van der Waals surface area contributed by atoms with Crippen molar-refractivity contribution in [3.05, 3.63) is 36.5 Å². The van der Waals surface area contributed by atoms with Crippen molar-refractivity contribution in [3.63, 3.8) is 0 Å². The topological polar surface area (TPSA) is 307 Å². The SMILES string of the molecule is CCCCCCCCCCCCCCCC/C=C/CC/C=C/CC/C=C/C(O)C(COC1OC(CO)C(OC2OC(CO)C(OC3OC(CO)C(O)C(O)C3O)C(O)C2O)C(O)C1O)NC(=O)CCCCCCCCCCCCCCCCCCCCCCCC. The smallest absolute Gasteiger partial charge is 0.220 e. The molecule has 3 heterocycles. The van der Waals surface area contributed by atoms with Crippen molar-refractivity contribution < 1.29 is 89.4 Å². The molecule has 534 valence electrons. The highest BCUT2D eigenvalue weighted by Crippen LogP contribution is 2.33.